The molecule has 1 aromatic heterocycles. The molecule has 0 aliphatic heterocycles. The van der Waals surface area contributed by atoms with Gasteiger partial charge in [0.1, 0.15) is 0 Å². The second-order valence-electron chi connectivity index (χ2n) is 6.43. The van der Waals surface area contributed by atoms with E-state index in [0.717, 1.165) is 25.0 Å². The molecule has 0 spiro atoms. The van der Waals surface area contributed by atoms with Gasteiger partial charge in [-0.05, 0) is 30.7 Å². The molecule has 5 nitrogen and oxygen atoms in total. The number of sulfonamides is 1. The molecule has 1 heterocycles. The second-order valence-corrected chi connectivity index (χ2v) is 8.19. The highest BCUT2D eigenvalue weighted by molar-refractivity contribution is 7.89. The molecule has 1 fully saturated rings. The maximum atomic E-state index is 12.3. The monoisotopic (exact) mass is 313 g/mol. The molecule has 1 aliphatic rings. The summed E-state index contributed by atoms with van der Waals surface area (Å²) in [6, 6.07) is 2.08. The van der Waals surface area contributed by atoms with E-state index in [1.165, 1.54) is 6.42 Å². The Morgan fingerprint density at radius 2 is 2.10 bits per heavy atom. The number of H-pyrrole nitrogens is 1. The van der Waals surface area contributed by atoms with Gasteiger partial charge in [0.25, 0.3) is 0 Å². The second kappa shape index (κ2) is 6.50. The Labute approximate surface area is 128 Å². The van der Waals surface area contributed by atoms with Crippen LogP contribution in [0.4, 0.5) is 0 Å². The van der Waals surface area contributed by atoms with Gasteiger partial charge in [-0.25, -0.2) is 13.1 Å². The van der Waals surface area contributed by atoms with Crippen molar-refractivity contribution in [3.8, 4) is 0 Å². The van der Waals surface area contributed by atoms with E-state index in [1.54, 1.807) is 12.3 Å². The Kier molecular flexibility index (Phi) is 5.11. The van der Waals surface area contributed by atoms with Crippen LogP contribution in [0.3, 0.4) is 0 Å². The Morgan fingerprint density at radius 3 is 2.62 bits per heavy atom. The normalized spacial score (nSPS) is 17.9. The van der Waals surface area contributed by atoms with Crippen molar-refractivity contribution in [2.75, 3.05) is 6.54 Å². The molecular formula is C15H27N3O2S. The van der Waals surface area contributed by atoms with Gasteiger partial charge in [-0.2, -0.15) is 0 Å². The van der Waals surface area contributed by atoms with Crippen molar-refractivity contribution >= 4 is 10.0 Å². The average Bonchev–Trinajstić information content (AvgIpc) is 2.85. The van der Waals surface area contributed by atoms with Crippen LogP contribution in [0.5, 0.6) is 0 Å². The molecule has 0 bridgehead atoms. The fourth-order valence-corrected chi connectivity index (χ4v) is 3.83. The Bertz CT molecular complexity index is 554. The lowest BCUT2D eigenvalue weighted by Gasteiger charge is -2.41. The largest absolute Gasteiger partial charge is 0.363 e. The highest BCUT2D eigenvalue weighted by atomic mass is 32.2. The molecule has 0 radical (unpaired) electrons. The lowest BCUT2D eigenvalue weighted by Crippen LogP contribution is -2.41. The molecule has 6 heteroatoms. The van der Waals surface area contributed by atoms with Crippen LogP contribution in [0.25, 0.3) is 0 Å². The molecule has 1 saturated carbocycles. The number of aromatic amines is 1. The molecule has 2 rings (SSSR count). The van der Waals surface area contributed by atoms with E-state index in [-0.39, 0.29) is 5.41 Å². The standard InChI is InChI=1S/C15H27N3O2S/c1-4-15(6-5-7-15)11-18-21(19,20)14-8-13(17-10-14)9-16-12(2)3/h8,10,12,16-18H,4-7,9,11H2,1-3H3. The third-order valence-corrected chi connectivity index (χ3v) is 5.91. The fraction of sp³-hybridized carbons (Fsp3) is 0.733. The predicted molar refractivity (Wildman–Crippen MR) is 84.5 cm³/mol. The maximum absolute atomic E-state index is 12.3. The van der Waals surface area contributed by atoms with Crippen LogP contribution in [0.15, 0.2) is 17.2 Å². The average molecular weight is 313 g/mol. The molecule has 0 unspecified atom stereocenters. The zero-order chi connectivity index (χ0) is 15.5. The summed E-state index contributed by atoms with van der Waals surface area (Å²) in [6.07, 6.45) is 6.07. The quantitative estimate of drug-likeness (QED) is 0.690. The topological polar surface area (TPSA) is 74.0 Å². The highest BCUT2D eigenvalue weighted by Crippen LogP contribution is 2.43. The molecule has 3 N–H and O–H groups in total. The van der Waals surface area contributed by atoms with E-state index < -0.39 is 10.0 Å². The minimum absolute atomic E-state index is 0.186. The van der Waals surface area contributed by atoms with Crippen molar-refractivity contribution in [3.63, 3.8) is 0 Å². The number of nitrogens with one attached hydrogen (secondary N) is 3. The molecular weight excluding hydrogens is 286 g/mol. The van der Waals surface area contributed by atoms with Crippen LogP contribution in [0, 0.1) is 5.41 Å². The minimum Gasteiger partial charge on any atom is -0.363 e. The van der Waals surface area contributed by atoms with E-state index in [1.807, 2.05) is 0 Å². The molecule has 120 valence electrons. The van der Waals surface area contributed by atoms with Gasteiger partial charge in [0, 0.05) is 31.0 Å². The van der Waals surface area contributed by atoms with Crippen LogP contribution in [-0.4, -0.2) is 26.0 Å². The third-order valence-electron chi connectivity index (χ3n) is 4.53. The minimum atomic E-state index is -3.41. The van der Waals surface area contributed by atoms with Crippen molar-refractivity contribution < 1.29 is 8.42 Å². The lowest BCUT2D eigenvalue weighted by molar-refractivity contribution is 0.133. The summed E-state index contributed by atoms with van der Waals surface area (Å²) < 4.78 is 27.4. The van der Waals surface area contributed by atoms with E-state index in [4.69, 9.17) is 0 Å². The zero-order valence-electron chi connectivity index (χ0n) is 13.2. The van der Waals surface area contributed by atoms with Gasteiger partial charge in [0.2, 0.25) is 10.0 Å². The van der Waals surface area contributed by atoms with Gasteiger partial charge >= 0.3 is 0 Å². The summed E-state index contributed by atoms with van der Waals surface area (Å²) in [6.45, 7) is 7.46. The highest BCUT2D eigenvalue weighted by Gasteiger charge is 2.36. The SMILES string of the molecule is CCC1(CNS(=O)(=O)c2c[nH]c(CNC(C)C)c2)CCC1. The number of aromatic nitrogens is 1. The number of hydrogen-bond donors (Lipinski definition) is 3. The van der Waals surface area contributed by atoms with Crippen molar-refractivity contribution in [1.82, 2.24) is 15.0 Å². The number of hydrogen-bond acceptors (Lipinski definition) is 3. The molecule has 0 saturated heterocycles. The molecule has 0 aromatic carbocycles. The van der Waals surface area contributed by atoms with Crippen LogP contribution in [0.1, 0.15) is 52.1 Å². The molecule has 1 aliphatic carbocycles. The number of rotatable bonds is 8. The first kappa shape index (κ1) is 16.5. The van der Waals surface area contributed by atoms with Crippen molar-refractivity contribution in [3.05, 3.63) is 18.0 Å². The Balaban J connectivity index is 1.96. The summed E-state index contributed by atoms with van der Waals surface area (Å²) in [5.74, 6) is 0. The third kappa shape index (κ3) is 4.08. The Morgan fingerprint density at radius 1 is 1.38 bits per heavy atom. The summed E-state index contributed by atoms with van der Waals surface area (Å²) >= 11 is 0. The van der Waals surface area contributed by atoms with E-state index in [9.17, 15) is 8.42 Å². The van der Waals surface area contributed by atoms with Gasteiger partial charge in [-0.1, -0.05) is 27.2 Å². The zero-order valence-corrected chi connectivity index (χ0v) is 14.0. The van der Waals surface area contributed by atoms with Crippen LogP contribution in [-0.2, 0) is 16.6 Å². The summed E-state index contributed by atoms with van der Waals surface area (Å²) in [7, 11) is -3.41. The van der Waals surface area contributed by atoms with Crippen LogP contribution < -0.4 is 10.0 Å². The van der Waals surface area contributed by atoms with Gasteiger partial charge in [-0.15, -0.1) is 0 Å². The fourth-order valence-electron chi connectivity index (χ4n) is 2.65. The predicted octanol–water partition coefficient (Wildman–Crippen LogP) is 2.37. The van der Waals surface area contributed by atoms with Crippen LogP contribution in [0.2, 0.25) is 0 Å². The maximum Gasteiger partial charge on any atom is 0.242 e. The summed E-state index contributed by atoms with van der Waals surface area (Å²) in [5, 5.41) is 3.26. The van der Waals surface area contributed by atoms with Crippen molar-refractivity contribution in [1.29, 1.82) is 0 Å². The first-order valence-corrected chi connectivity index (χ1v) is 9.25. The molecule has 1 aromatic rings. The van der Waals surface area contributed by atoms with Crippen LogP contribution >= 0.6 is 0 Å². The Hall–Kier alpha value is -0.850. The first-order chi connectivity index (χ1) is 9.87. The van der Waals surface area contributed by atoms with E-state index in [2.05, 4.69) is 35.8 Å². The molecule has 0 amide bonds. The van der Waals surface area contributed by atoms with Gasteiger partial charge in [0.15, 0.2) is 0 Å². The van der Waals surface area contributed by atoms with Gasteiger partial charge < -0.3 is 10.3 Å². The first-order valence-electron chi connectivity index (χ1n) is 7.77. The summed E-state index contributed by atoms with van der Waals surface area (Å²) in [5.41, 5.74) is 1.07. The van der Waals surface area contributed by atoms with E-state index >= 15 is 0 Å². The van der Waals surface area contributed by atoms with Gasteiger partial charge in [-0.3, -0.25) is 0 Å². The summed E-state index contributed by atoms with van der Waals surface area (Å²) in [4.78, 5) is 3.35. The molecule has 21 heavy (non-hydrogen) atoms. The van der Waals surface area contributed by atoms with Crippen molar-refractivity contribution in [2.24, 2.45) is 5.41 Å². The molecule has 0 atom stereocenters. The smallest absolute Gasteiger partial charge is 0.242 e. The van der Waals surface area contributed by atoms with Crippen molar-refractivity contribution in [2.45, 2.75) is 63.9 Å². The lowest BCUT2D eigenvalue weighted by atomic mass is 9.67. The van der Waals surface area contributed by atoms with Gasteiger partial charge in [0.05, 0.1) is 4.90 Å². The van der Waals surface area contributed by atoms with E-state index in [0.29, 0.717) is 24.0 Å².